The van der Waals surface area contributed by atoms with Crippen molar-refractivity contribution in [3.63, 3.8) is 0 Å². The summed E-state index contributed by atoms with van der Waals surface area (Å²) in [7, 11) is 3.94. The second-order valence-corrected chi connectivity index (χ2v) is 5.68. The molecule has 0 fully saturated rings. The fraction of sp³-hybridized carbons (Fsp3) is 0.474. The number of benzene rings is 1. The summed E-state index contributed by atoms with van der Waals surface area (Å²) in [6.07, 6.45) is 2.76. The summed E-state index contributed by atoms with van der Waals surface area (Å²) in [4.78, 5) is 23.3. The van der Waals surface area contributed by atoms with E-state index < -0.39 is 18.4 Å². The first-order valence-corrected chi connectivity index (χ1v) is 8.20. The maximum absolute atomic E-state index is 12.0. The maximum atomic E-state index is 12.0. The Hall–Kier alpha value is -2.70. The van der Waals surface area contributed by atoms with Crippen LogP contribution in [0, 0.1) is 6.92 Å². The highest BCUT2D eigenvalue weighted by Crippen LogP contribution is 2.49. The minimum Gasteiger partial charge on any atom is -0.504 e. The first kappa shape index (κ1) is 21.3. The van der Waals surface area contributed by atoms with Gasteiger partial charge in [-0.05, 0) is 26.7 Å². The molecule has 0 saturated carbocycles. The van der Waals surface area contributed by atoms with E-state index >= 15 is 0 Å². The molecule has 0 aromatic heterocycles. The number of phenols is 1. The number of methoxy groups -OCH3 is 3. The topological polar surface area (TPSA) is 91.3 Å². The van der Waals surface area contributed by atoms with E-state index in [9.17, 15) is 14.7 Å². The molecule has 144 valence electrons. The minimum atomic E-state index is -0.794. The summed E-state index contributed by atoms with van der Waals surface area (Å²) in [5.41, 5.74) is 2.23. The molecule has 7 heteroatoms. The van der Waals surface area contributed by atoms with Crippen LogP contribution in [0.15, 0.2) is 11.6 Å². The Morgan fingerprint density at radius 1 is 1.04 bits per heavy atom. The Labute approximate surface area is 153 Å². The van der Waals surface area contributed by atoms with E-state index in [0.717, 1.165) is 12.0 Å². The lowest BCUT2D eigenvalue weighted by molar-refractivity contribution is -0.148. The highest BCUT2D eigenvalue weighted by Gasteiger charge is 2.26. The number of rotatable bonds is 8. The number of esters is 2. The molecule has 1 aromatic carbocycles. The van der Waals surface area contributed by atoms with Crippen LogP contribution in [-0.2, 0) is 20.7 Å². The zero-order chi connectivity index (χ0) is 19.9. The van der Waals surface area contributed by atoms with Crippen LogP contribution in [0.25, 0.3) is 0 Å². The molecular formula is C19H26O7. The van der Waals surface area contributed by atoms with Crippen molar-refractivity contribution in [1.82, 2.24) is 0 Å². The number of hydrogen-bond acceptors (Lipinski definition) is 7. The molecule has 0 atom stereocenters. The third-order valence-electron chi connectivity index (χ3n) is 4.06. The summed E-state index contributed by atoms with van der Waals surface area (Å²) in [5, 5.41) is 10.6. The standard InChI is InChI=1S/C19H26O7/c1-7-11(2)8-9-13-12(3)17(26-15(21)10-14(20)23-4)19(25-6)18(24-5)16(13)22/h8,22H,7,9-10H2,1-6H3/b11-8+. The fourth-order valence-corrected chi connectivity index (χ4v) is 2.34. The van der Waals surface area contributed by atoms with Crippen LogP contribution in [0.5, 0.6) is 23.0 Å². The number of hydrogen-bond donors (Lipinski definition) is 1. The van der Waals surface area contributed by atoms with E-state index in [1.807, 2.05) is 19.9 Å². The molecule has 0 aliphatic carbocycles. The second-order valence-electron chi connectivity index (χ2n) is 5.68. The predicted octanol–water partition coefficient (Wildman–Crippen LogP) is 3.09. The highest BCUT2D eigenvalue weighted by molar-refractivity contribution is 5.92. The smallest absolute Gasteiger partial charge is 0.322 e. The van der Waals surface area contributed by atoms with E-state index in [0.29, 0.717) is 17.5 Å². The molecule has 0 bridgehead atoms. The van der Waals surface area contributed by atoms with Gasteiger partial charge in [-0.2, -0.15) is 0 Å². The molecule has 1 aromatic rings. The molecular weight excluding hydrogens is 340 g/mol. The fourth-order valence-electron chi connectivity index (χ4n) is 2.34. The normalized spacial score (nSPS) is 11.1. The Kier molecular flexibility index (Phi) is 7.96. The van der Waals surface area contributed by atoms with Gasteiger partial charge in [-0.25, -0.2) is 0 Å². The Morgan fingerprint density at radius 3 is 2.15 bits per heavy atom. The molecule has 0 heterocycles. The van der Waals surface area contributed by atoms with Crippen LogP contribution in [-0.4, -0.2) is 38.4 Å². The maximum Gasteiger partial charge on any atom is 0.322 e. The van der Waals surface area contributed by atoms with Crippen molar-refractivity contribution < 1.29 is 33.6 Å². The summed E-state index contributed by atoms with van der Waals surface area (Å²) in [6.45, 7) is 5.73. The average Bonchev–Trinajstić information content (AvgIpc) is 2.62. The van der Waals surface area contributed by atoms with Crippen LogP contribution in [0.2, 0.25) is 0 Å². The van der Waals surface area contributed by atoms with Gasteiger partial charge in [0.05, 0.1) is 21.3 Å². The van der Waals surface area contributed by atoms with Gasteiger partial charge in [0.25, 0.3) is 0 Å². The zero-order valence-electron chi connectivity index (χ0n) is 16.1. The number of carbonyl (C=O) groups excluding carboxylic acids is 2. The summed E-state index contributed by atoms with van der Waals surface area (Å²) < 4.78 is 20.3. The molecule has 0 amide bonds. The van der Waals surface area contributed by atoms with Gasteiger partial charge in [0.1, 0.15) is 6.42 Å². The van der Waals surface area contributed by atoms with Crippen molar-refractivity contribution in [2.75, 3.05) is 21.3 Å². The second kappa shape index (κ2) is 9.70. The van der Waals surface area contributed by atoms with Crippen LogP contribution in [0.1, 0.15) is 37.8 Å². The summed E-state index contributed by atoms with van der Waals surface area (Å²) in [6, 6.07) is 0. The van der Waals surface area contributed by atoms with Crippen molar-refractivity contribution in [3.8, 4) is 23.0 Å². The minimum absolute atomic E-state index is 0.0662. The van der Waals surface area contributed by atoms with Gasteiger partial charge in [-0.3, -0.25) is 9.59 Å². The largest absolute Gasteiger partial charge is 0.504 e. The SMILES string of the molecule is CC/C(C)=C/Cc1c(C)c(OC(=O)CC(=O)OC)c(OC)c(OC)c1O. The lowest BCUT2D eigenvalue weighted by atomic mass is 10.00. The summed E-state index contributed by atoms with van der Waals surface area (Å²) in [5.74, 6) is -1.32. The number of aromatic hydroxyl groups is 1. The van der Waals surface area contributed by atoms with Gasteiger partial charge in [-0.1, -0.05) is 18.6 Å². The number of carbonyl (C=O) groups is 2. The van der Waals surface area contributed by atoms with E-state index in [1.54, 1.807) is 6.92 Å². The first-order valence-electron chi connectivity index (χ1n) is 8.20. The van der Waals surface area contributed by atoms with E-state index in [1.165, 1.54) is 21.3 Å². The van der Waals surface area contributed by atoms with Crippen molar-refractivity contribution in [3.05, 3.63) is 22.8 Å². The molecule has 0 saturated heterocycles. The molecule has 0 unspecified atom stereocenters. The lowest BCUT2D eigenvalue weighted by Crippen LogP contribution is -2.16. The Bertz CT molecular complexity index is 705. The van der Waals surface area contributed by atoms with Crippen LogP contribution in [0.3, 0.4) is 0 Å². The third-order valence-corrected chi connectivity index (χ3v) is 4.06. The molecule has 0 aliphatic heterocycles. The summed E-state index contributed by atoms with van der Waals surface area (Å²) >= 11 is 0. The average molecular weight is 366 g/mol. The van der Waals surface area contributed by atoms with Crippen molar-refractivity contribution in [2.24, 2.45) is 0 Å². The Balaban J connectivity index is 3.42. The molecule has 1 N–H and O–H groups in total. The third kappa shape index (κ3) is 4.91. The number of phenolic OH excluding ortho intramolecular Hbond substituents is 1. The van der Waals surface area contributed by atoms with Crippen LogP contribution >= 0.6 is 0 Å². The molecule has 1 rings (SSSR count). The lowest BCUT2D eigenvalue weighted by Gasteiger charge is -2.19. The molecule has 7 nitrogen and oxygen atoms in total. The van der Waals surface area contributed by atoms with E-state index in [2.05, 4.69) is 4.74 Å². The molecule has 0 aliphatic rings. The monoisotopic (exact) mass is 366 g/mol. The van der Waals surface area contributed by atoms with Crippen LogP contribution in [0.4, 0.5) is 0 Å². The van der Waals surface area contributed by atoms with Gasteiger partial charge < -0.3 is 24.1 Å². The predicted molar refractivity (Wildman–Crippen MR) is 96.0 cm³/mol. The van der Waals surface area contributed by atoms with Crippen molar-refractivity contribution in [1.29, 1.82) is 0 Å². The van der Waals surface area contributed by atoms with Crippen molar-refractivity contribution in [2.45, 2.75) is 40.0 Å². The van der Waals surface area contributed by atoms with Gasteiger partial charge in [0.15, 0.2) is 11.5 Å². The van der Waals surface area contributed by atoms with E-state index in [4.69, 9.17) is 14.2 Å². The molecule has 0 radical (unpaired) electrons. The highest BCUT2D eigenvalue weighted by atomic mass is 16.6. The molecule has 0 spiro atoms. The van der Waals surface area contributed by atoms with E-state index in [-0.39, 0.29) is 23.0 Å². The van der Waals surface area contributed by atoms with Crippen molar-refractivity contribution >= 4 is 11.9 Å². The van der Waals surface area contributed by atoms with Gasteiger partial charge in [0, 0.05) is 11.1 Å². The first-order chi connectivity index (χ1) is 12.3. The van der Waals surface area contributed by atoms with Gasteiger partial charge in [0.2, 0.25) is 11.5 Å². The number of ether oxygens (including phenoxy) is 4. The number of allylic oxidation sites excluding steroid dienone is 2. The quantitative estimate of drug-likeness (QED) is 0.327. The molecule has 26 heavy (non-hydrogen) atoms. The van der Waals surface area contributed by atoms with Gasteiger partial charge in [-0.15, -0.1) is 0 Å². The zero-order valence-corrected chi connectivity index (χ0v) is 16.1. The van der Waals surface area contributed by atoms with Crippen LogP contribution < -0.4 is 14.2 Å². The Morgan fingerprint density at radius 2 is 1.65 bits per heavy atom. The van der Waals surface area contributed by atoms with Gasteiger partial charge >= 0.3 is 11.9 Å².